The summed E-state index contributed by atoms with van der Waals surface area (Å²) in [5.41, 5.74) is 0.820. The van der Waals surface area contributed by atoms with Crippen molar-refractivity contribution in [1.82, 2.24) is 4.90 Å². The van der Waals surface area contributed by atoms with E-state index in [1.807, 2.05) is 30.3 Å². The zero-order chi connectivity index (χ0) is 18.8. The second-order valence-electron chi connectivity index (χ2n) is 6.94. The molecule has 2 saturated heterocycles. The average Bonchev–Trinajstić information content (AvgIpc) is 2.67. The molecule has 6 nitrogen and oxygen atoms in total. The van der Waals surface area contributed by atoms with Crippen LogP contribution in [0.4, 0.5) is 0 Å². The first-order valence-electron chi connectivity index (χ1n) is 7.92. The number of sulfone groups is 2. The predicted octanol–water partition coefficient (Wildman–Crippen LogP) is 1.50. The number of fused-ring (bicyclic) bond motifs is 1. The van der Waals surface area contributed by atoms with Crippen LogP contribution in [-0.2, 0) is 31.0 Å². The zero-order valence-corrected chi connectivity index (χ0v) is 17.4. The van der Waals surface area contributed by atoms with Gasteiger partial charge in [0.25, 0.3) is 9.99 Å². The molecule has 9 heteroatoms. The van der Waals surface area contributed by atoms with Crippen LogP contribution < -0.4 is 0 Å². The van der Waals surface area contributed by atoms with Gasteiger partial charge in [-0.2, -0.15) is 0 Å². The minimum Gasteiger partial charge on any atom is -0.329 e. The molecule has 25 heavy (non-hydrogen) atoms. The Labute approximate surface area is 156 Å². The van der Waals surface area contributed by atoms with Crippen molar-refractivity contribution in [1.29, 1.82) is 0 Å². The van der Waals surface area contributed by atoms with Crippen molar-refractivity contribution in [3.05, 3.63) is 35.9 Å². The smallest absolute Gasteiger partial charge is 0.272 e. The first-order valence-corrected chi connectivity index (χ1v) is 12.0. The summed E-state index contributed by atoms with van der Waals surface area (Å²) in [6.45, 7) is 4.50. The first-order chi connectivity index (χ1) is 11.5. The normalized spacial score (nSPS) is 33.0. The molecule has 1 amide bonds. The molecular formula is C16H20BrNO5S2. The van der Waals surface area contributed by atoms with E-state index in [1.54, 1.807) is 0 Å². The minimum absolute atomic E-state index is 0.180. The van der Waals surface area contributed by atoms with E-state index in [0.29, 0.717) is 0 Å². The summed E-state index contributed by atoms with van der Waals surface area (Å²) >= 11 is 3.39. The van der Waals surface area contributed by atoms with Crippen LogP contribution in [0.25, 0.3) is 0 Å². The molecule has 0 spiro atoms. The maximum absolute atomic E-state index is 13.2. The highest BCUT2D eigenvalue weighted by atomic mass is 79.9. The van der Waals surface area contributed by atoms with Crippen LogP contribution in [0.2, 0.25) is 0 Å². The zero-order valence-electron chi connectivity index (χ0n) is 14.1. The molecular weight excluding hydrogens is 430 g/mol. The second-order valence-corrected chi connectivity index (χ2v) is 13.3. The van der Waals surface area contributed by atoms with Crippen LogP contribution in [-0.4, -0.2) is 53.1 Å². The third-order valence-corrected chi connectivity index (χ3v) is 13.7. The summed E-state index contributed by atoms with van der Waals surface area (Å²) < 4.78 is 48.2. The number of alkyl halides is 1. The Bertz CT molecular complexity index is 927. The second kappa shape index (κ2) is 5.53. The summed E-state index contributed by atoms with van der Waals surface area (Å²) in [6, 6.07) is 8.17. The van der Waals surface area contributed by atoms with Crippen molar-refractivity contribution >= 4 is 41.5 Å². The van der Waals surface area contributed by atoms with E-state index in [-0.39, 0.29) is 6.54 Å². The van der Waals surface area contributed by atoms with Crippen LogP contribution >= 0.6 is 15.9 Å². The number of halogens is 1. The molecule has 0 bridgehead atoms. The maximum Gasteiger partial charge on any atom is 0.272 e. The van der Waals surface area contributed by atoms with Crippen LogP contribution in [0.3, 0.4) is 0 Å². The topological polar surface area (TPSA) is 88.6 Å². The van der Waals surface area contributed by atoms with Crippen LogP contribution in [0.1, 0.15) is 26.3 Å². The van der Waals surface area contributed by atoms with Crippen LogP contribution in [0, 0.1) is 0 Å². The third kappa shape index (κ3) is 2.03. The lowest BCUT2D eigenvalue weighted by Crippen LogP contribution is -2.78. The number of hydrogen-bond acceptors (Lipinski definition) is 5. The van der Waals surface area contributed by atoms with Gasteiger partial charge in [0.15, 0.2) is 19.7 Å². The lowest BCUT2D eigenvalue weighted by atomic mass is 9.91. The SMILES string of the molecule is CCS(=O)(=O)[C@@]12C(=O)N(Cc3ccccc3)[C@@H]1[C@@H](Br)C(C)(C)S2(=O)=O. The Morgan fingerprint density at radius 2 is 1.76 bits per heavy atom. The van der Waals surface area contributed by atoms with Gasteiger partial charge in [0.1, 0.15) is 0 Å². The summed E-state index contributed by atoms with van der Waals surface area (Å²) in [4.78, 5) is 13.7. The van der Waals surface area contributed by atoms with Gasteiger partial charge in [-0.3, -0.25) is 4.79 Å². The number of amides is 1. The van der Waals surface area contributed by atoms with Gasteiger partial charge in [-0.15, -0.1) is 0 Å². The number of carbonyl (C=O) groups is 1. The van der Waals surface area contributed by atoms with Gasteiger partial charge >= 0.3 is 0 Å². The number of β-lactam (4-membered cyclic amide) rings is 1. The molecule has 2 heterocycles. The highest BCUT2D eigenvalue weighted by Crippen LogP contribution is 2.59. The molecule has 2 aliphatic heterocycles. The van der Waals surface area contributed by atoms with Crippen molar-refractivity contribution in [2.24, 2.45) is 0 Å². The summed E-state index contributed by atoms with van der Waals surface area (Å²) in [5.74, 6) is -1.23. The van der Waals surface area contributed by atoms with Crippen molar-refractivity contribution < 1.29 is 21.6 Å². The molecule has 0 N–H and O–H groups in total. The van der Waals surface area contributed by atoms with Gasteiger partial charge < -0.3 is 4.90 Å². The summed E-state index contributed by atoms with van der Waals surface area (Å²) in [7, 11) is -8.40. The number of hydrogen-bond donors (Lipinski definition) is 0. The Morgan fingerprint density at radius 1 is 1.20 bits per heavy atom. The van der Waals surface area contributed by atoms with Crippen LogP contribution in [0.15, 0.2) is 30.3 Å². The molecule has 3 atom stereocenters. The Morgan fingerprint density at radius 3 is 2.28 bits per heavy atom. The van der Waals surface area contributed by atoms with Crippen molar-refractivity contribution in [2.45, 2.75) is 47.0 Å². The summed E-state index contributed by atoms with van der Waals surface area (Å²) in [6.07, 6.45) is 0. The largest absolute Gasteiger partial charge is 0.329 e. The molecule has 3 rings (SSSR count). The van der Waals surface area contributed by atoms with E-state index in [2.05, 4.69) is 15.9 Å². The molecule has 0 saturated carbocycles. The maximum atomic E-state index is 13.2. The number of rotatable bonds is 4. The lowest BCUT2D eigenvalue weighted by Gasteiger charge is -2.50. The number of nitrogens with zero attached hydrogens (tertiary/aromatic N) is 1. The number of likely N-dealkylation sites (tertiary alicyclic amines) is 1. The van der Waals surface area contributed by atoms with E-state index in [0.717, 1.165) is 5.56 Å². The van der Waals surface area contributed by atoms with Gasteiger partial charge in [-0.1, -0.05) is 53.2 Å². The Kier molecular flexibility index (Phi) is 4.17. The molecule has 138 valence electrons. The first kappa shape index (κ1) is 18.8. The molecule has 0 aliphatic carbocycles. The fraction of sp³-hybridized carbons (Fsp3) is 0.562. The fourth-order valence-electron chi connectivity index (χ4n) is 3.78. The van der Waals surface area contributed by atoms with E-state index >= 15 is 0 Å². The van der Waals surface area contributed by atoms with Gasteiger partial charge in [0.05, 0.1) is 15.6 Å². The van der Waals surface area contributed by atoms with E-state index in [1.165, 1.54) is 25.7 Å². The van der Waals surface area contributed by atoms with Crippen molar-refractivity contribution in [2.75, 3.05) is 5.75 Å². The highest BCUT2D eigenvalue weighted by Gasteiger charge is 2.85. The molecule has 0 radical (unpaired) electrons. The van der Waals surface area contributed by atoms with E-state index in [9.17, 15) is 21.6 Å². The molecule has 0 aromatic heterocycles. The minimum atomic E-state index is -4.25. The quantitative estimate of drug-likeness (QED) is 0.513. The summed E-state index contributed by atoms with van der Waals surface area (Å²) in [5, 5.41) is 0. The van der Waals surface area contributed by atoms with Crippen molar-refractivity contribution in [3.8, 4) is 0 Å². The monoisotopic (exact) mass is 449 g/mol. The highest BCUT2D eigenvalue weighted by molar-refractivity contribution is 9.09. The van der Waals surface area contributed by atoms with Gasteiger partial charge in [0, 0.05) is 12.3 Å². The molecule has 0 unspecified atom stereocenters. The van der Waals surface area contributed by atoms with E-state index in [4.69, 9.17) is 0 Å². The van der Waals surface area contributed by atoms with Crippen molar-refractivity contribution in [3.63, 3.8) is 0 Å². The standard InChI is InChI=1S/C16H20BrNO5S2/c1-4-24(20,21)16-13(12(17)15(2,3)25(16,22)23)18(14(16)19)10-11-8-6-5-7-9-11/h5-9,12-13H,4,10H2,1-3H3/t12-,13-,16+/m1/s1. The number of carbonyl (C=O) groups excluding carboxylic acids is 1. The van der Waals surface area contributed by atoms with E-state index < -0.39 is 51.0 Å². The molecule has 2 aliphatic rings. The predicted molar refractivity (Wildman–Crippen MR) is 98.7 cm³/mol. The van der Waals surface area contributed by atoms with Gasteiger partial charge in [-0.25, -0.2) is 16.8 Å². The average molecular weight is 450 g/mol. The van der Waals surface area contributed by atoms with Gasteiger partial charge in [-0.05, 0) is 19.4 Å². The molecule has 1 aromatic rings. The molecule has 2 fully saturated rings. The molecule has 1 aromatic carbocycles. The Balaban J connectivity index is 2.17. The van der Waals surface area contributed by atoms with Crippen LogP contribution in [0.5, 0.6) is 0 Å². The Hall–Kier alpha value is -0.930. The third-order valence-electron chi connectivity index (χ3n) is 5.36. The lowest BCUT2D eigenvalue weighted by molar-refractivity contribution is -0.147. The fourth-order valence-corrected chi connectivity index (χ4v) is 11.5. The van der Waals surface area contributed by atoms with Gasteiger partial charge in [0.2, 0.25) is 0 Å². The number of benzene rings is 1.